The van der Waals surface area contributed by atoms with E-state index in [2.05, 4.69) is 24.3 Å². The zero-order valence-corrected chi connectivity index (χ0v) is 20.8. The molecule has 3 N–H and O–H groups in total. The molecule has 0 unspecified atom stereocenters. The SMILES string of the molecule is [NH-]C(=O)[C@H]1C[C@@H](N)CN(C(=O)OCC2c3ccccc3-c3ccccc32)C1.[Rb+]. The summed E-state index contributed by atoms with van der Waals surface area (Å²) in [6.07, 6.45) is -0.0339. The van der Waals surface area contributed by atoms with Crippen LogP contribution in [0.3, 0.4) is 0 Å². The van der Waals surface area contributed by atoms with Crippen LogP contribution in [0.25, 0.3) is 16.9 Å². The fourth-order valence-electron chi connectivity index (χ4n) is 4.16. The molecule has 0 spiro atoms. The van der Waals surface area contributed by atoms with Gasteiger partial charge in [0.25, 0.3) is 0 Å². The molecule has 1 fully saturated rings. The molecule has 2 aromatic carbocycles. The van der Waals surface area contributed by atoms with Crippen LogP contribution in [0.4, 0.5) is 4.79 Å². The Balaban J connectivity index is 0.00000225. The van der Waals surface area contributed by atoms with Crippen molar-refractivity contribution in [3.05, 3.63) is 65.4 Å². The quantitative estimate of drug-likeness (QED) is 0.722. The van der Waals surface area contributed by atoms with E-state index in [1.54, 1.807) is 0 Å². The van der Waals surface area contributed by atoms with Gasteiger partial charge in [-0.15, -0.1) is 0 Å². The van der Waals surface area contributed by atoms with Crippen molar-refractivity contribution in [3.8, 4) is 11.1 Å². The van der Waals surface area contributed by atoms with Gasteiger partial charge in [-0.2, -0.15) is 0 Å². The number of carbonyl (C=O) groups is 2. The normalized spacial score (nSPS) is 20.7. The van der Waals surface area contributed by atoms with E-state index in [-0.39, 0.29) is 83.3 Å². The number of ether oxygens (including phenoxy) is 1. The van der Waals surface area contributed by atoms with E-state index >= 15 is 0 Å². The van der Waals surface area contributed by atoms with Gasteiger partial charge in [-0.25, -0.2) is 4.79 Å². The van der Waals surface area contributed by atoms with Crippen LogP contribution in [0, 0.1) is 5.92 Å². The van der Waals surface area contributed by atoms with Crippen molar-refractivity contribution in [1.29, 1.82) is 0 Å². The molecule has 1 aliphatic carbocycles. The molecule has 2 aromatic rings. The van der Waals surface area contributed by atoms with Gasteiger partial charge in [-0.3, -0.25) is 0 Å². The second kappa shape index (κ2) is 9.18. The van der Waals surface area contributed by atoms with Crippen LogP contribution in [0.5, 0.6) is 0 Å². The Kier molecular flexibility index (Phi) is 7.09. The maximum absolute atomic E-state index is 12.6. The zero-order chi connectivity index (χ0) is 19.0. The molecule has 1 aliphatic heterocycles. The smallest absolute Gasteiger partial charge is 0.667 e. The van der Waals surface area contributed by atoms with Gasteiger partial charge in [-0.05, 0) is 28.7 Å². The zero-order valence-electron chi connectivity index (χ0n) is 15.9. The summed E-state index contributed by atoms with van der Waals surface area (Å²) in [5.41, 5.74) is 17.9. The van der Waals surface area contributed by atoms with Crippen LogP contribution in [-0.4, -0.2) is 42.6 Å². The van der Waals surface area contributed by atoms with Crippen molar-refractivity contribution in [2.45, 2.75) is 18.4 Å². The number of likely N-dealkylation sites (tertiary alicyclic amines) is 1. The third-order valence-electron chi connectivity index (χ3n) is 5.45. The maximum atomic E-state index is 12.6. The van der Waals surface area contributed by atoms with Crippen molar-refractivity contribution < 1.29 is 72.5 Å². The molecular formula is C21H22N3O3Rb. The molecule has 4 rings (SSSR count). The predicted octanol–water partition coefficient (Wildman–Crippen LogP) is 0.167. The molecule has 0 saturated carbocycles. The van der Waals surface area contributed by atoms with Gasteiger partial charge >= 0.3 is 64.3 Å². The van der Waals surface area contributed by atoms with Crippen molar-refractivity contribution in [2.75, 3.05) is 19.7 Å². The first kappa shape index (κ1) is 21.6. The monoisotopic (exact) mass is 449 g/mol. The van der Waals surface area contributed by atoms with Gasteiger partial charge < -0.3 is 25.9 Å². The van der Waals surface area contributed by atoms with Gasteiger partial charge in [0.1, 0.15) is 6.61 Å². The third kappa shape index (κ3) is 4.26. The molecule has 0 aromatic heterocycles. The molecule has 140 valence electrons. The molecule has 2 aliphatic rings. The van der Waals surface area contributed by atoms with Crippen molar-refractivity contribution in [2.24, 2.45) is 11.7 Å². The van der Waals surface area contributed by atoms with Crippen LogP contribution in [0.1, 0.15) is 23.5 Å². The number of hydrogen-bond acceptors (Lipinski definition) is 4. The number of benzene rings is 2. The number of carbonyl (C=O) groups excluding carboxylic acids is 2. The fourth-order valence-corrected chi connectivity index (χ4v) is 4.16. The summed E-state index contributed by atoms with van der Waals surface area (Å²) in [5, 5.41) is 0. The summed E-state index contributed by atoms with van der Waals surface area (Å²) in [7, 11) is 0. The summed E-state index contributed by atoms with van der Waals surface area (Å²) in [6, 6.07) is 16.0. The number of nitrogens with two attached hydrogens (primary N) is 1. The number of nitrogens with zero attached hydrogens (tertiary/aromatic N) is 1. The van der Waals surface area contributed by atoms with Crippen LogP contribution in [-0.2, 0) is 9.53 Å². The van der Waals surface area contributed by atoms with E-state index in [4.69, 9.17) is 16.2 Å². The van der Waals surface area contributed by atoms with Crippen LogP contribution < -0.4 is 63.9 Å². The first-order valence-corrected chi connectivity index (χ1v) is 9.15. The Morgan fingerprint density at radius 1 is 1.04 bits per heavy atom. The fraction of sp³-hybridized carbons (Fsp3) is 0.333. The molecule has 2 amide bonds. The first-order chi connectivity index (χ1) is 13.0. The number of fused-ring (bicyclic) bond motifs is 3. The molecule has 1 heterocycles. The second-order valence-electron chi connectivity index (χ2n) is 7.27. The summed E-state index contributed by atoms with van der Waals surface area (Å²) in [6.45, 7) is 0.783. The topological polar surface area (TPSA) is 96.4 Å². The van der Waals surface area contributed by atoms with E-state index < -0.39 is 17.9 Å². The van der Waals surface area contributed by atoms with Gasteiger partial charge in [-0.1, -0.05) is 48.5 Å². The molecular weight excluding hydrogens is 428 g/mol. The summed E-state index contributed by atoms with van der Waals surface area (Å²) in [5.74, 6) is -1.22. The second-order valence-corrected chi connectivity index (χ2v) is 7.27. The number of piperidine rings is 1. The average molecular weight is 450 g/mol. The van der Waals surface area contributed by atoms with E-state index in [9.17, 15) is 9.59 Å². The molecule has 28 heavy (non-hydrogen) atoms. The number of rotatable bonds is 3. The van der Waals surface area contributed by atoms with E-state index in [1.807, 2.05) is 24.3 Å². The predicted molar refractivity (Wildman–Crippen MR) is 102 cm³/mol. The van der Waals surface area contributed by atoms with Crippen molar-refractivity contribution in [3.63, 3.8) is 0 Å². The standard InChI is InChI=1S/C21H23N3O3.Rb/c22-14-9-13(20(23)25)10-24(11-14)21(26)27-12-19-17-7-3-1-5-15(17)16-6-2-4-8-18(16)19;/h1-8,13-14,19H,9-12,22H2,(H2,23,25);/q;+1/p-1/t13-,14+;/m0./s1. The van der Waals surface area contributed by atoms with E-state index in [0.29, 0.717) is 13.0 Å². The van der Waals surface area contributed by atoms with E-state index in [0.717, 1.165) is 11.1 Å². The molecule has 2 atom stereocenters. The maximum Gasteiger partial charge on any atom is 1.00 e. The molecule has 7 heteroatoms. The van der Waals surface area contributed by atoms with Crippen LogP contribution >= 0.6 is 0 Å². The van der Waals surface area contributed by atoms with Gasteiger partial charge in [0.2, 0.25) is 0 Å². The Morgan fingerprint density at radius 2 is 1.61 bits per heavy atom. The van der Waals surface area contributed by atoms with E-state index in [1.165, 1.54) is 16.0 Å². The Hall–Kier alpha value is -1.05. The Bertz CT molecular complexity index is 843. The summed E-state index contributed by atoms with van der Waals surface area (Å²) in [4.78, 5) is 25.4. The minimum absolute atomic E-state index is 0. The van der Waals surface area contributed by atoms with Crippen molar-refractivity contribution in [1.82, 2.24) is 4.90 Å². The first-order valence-electron chi connectivity index (χ1n) is 9.15. The Morgan fingerprint density at radius 3 is 2.18 bits per heavy atom. The van der Waals surface area contributed by atoms with Gasteiger partial charge in [0, 0.05) is 31.0 Å². The minimum Gasteiger partial charge on any atom is -0.667 e. The number of hydrogen-bond donors (Lipinski definition) is 1. The molecule has 0 bridgehead atoms. The summed E-state index contributed by atoms with van der Waals surface area (Å²) < 4.78 is 5.61. The Labute approximate surface area is 213 Å². The average Bonchev–Trinajstić information content (AvgIpc) is 2.99. The molecule has 1 saturated heterocycles. The number of amides is 2. The van der Waals surface area contributed by atoms with Crippen LogP contribution in [0.15, 0.2) is 48.5 Å². The van der Waals surface area contributed by atoms with Gasteiger partial charge in [0.15, 0.2) is 0 Å². The largest absolute Gasteiger partial charge is 1.00 e. The summed E-state index contributed by atoms with van der Waals surface area (Å²) >= 11 is 0. The van der Waals surface area contributed by atoms with Crippen molar-refractivity contribution >= 4 is 12.0 Å². The number of nitrogens with one attached hydrogen (secondary N) is 1. The van der Waals surface area contributed by atoms with Crippen LogP contribution in [0.2, 0.25) is 0 Å². The third-order valence-corrected chi connectivity index (χ3v) is 5.45. The molecule has 6 nitrogen and oxygen atoms in total. The minimum atomic E-state index is -0.679. The van der Waals surface area contributed by atoms with Gasteiger partial charge in [0.05, 0.1) is 5.91 Å². The molecule has 0 radical (unpaired) electrons.